The molecule has 0 spiro atoms. The van der Waals surface area contributed by atoms with Crippen LogP contribution in [-0.2, 0) is 0 Å². The van der Waals surface area contributed by atoms with Gasteiger partial charge in [-0.05, 0) is 39.1 Å². The minimum Gasteiger partial charge on any atom is -0.389 e. The minimum atomic E-state index is 0.551. The fourth-order valence-corrected chi connectivity index (χ4v) is 1.09. The van der Waals surface area contributed by atoms with Gasteiger partial charge in [-0.2, -0.15) is 0 Å². The second-order valence-corrected chi connectivity index (χ2v) is 3.95. The van der Waals surface area contributed by atoms with E-state index in [-0.39, 0.29) is 0 Å². The number of hydrogen-bond acceptors (Lipinski definition) is 2. The maximum Gasteiger partial charge on any atom is 0.0199 e. The maximum absolute atomic E-state index is 5.50. The Bertz CT molecular complexity index is 148. The maximum atomic E-state index is 5.50. The summed E-state index contributed by atoms with van der Waals surface area (Å²) in [6.45, 7) is 13.6. The third-order valence-corrected chi connectivity index (χ3v) is 1.88. The molecule has 0 rings (SSSR count). The highest BCUT2D eigenvalue weighted by Gasteiger charge is 2.01. The molecular weight excluding hydrogens is 172 g/mol. The molecule has 2 nitrogen and oxygen atoms in total. The summed E-state index contributed by atoms with van der Waals surface area (Å²) < 4.78 is 0. The summed E-state index contributed by atoms with van der Waals surface area (Å²) in [5.41, 5.74) is 1.53. The van der Waals surface area contributed by atoms with Gasteiger partial charge in [-0.25, -0.2) is 0 Å². The number of nitrogens with one attached hydrogen (secondary N) is 2. The van der Waals surface area contributed by atoms with Crippen LogP contribution in [0.4, 0.5) is 0 Å². The van der Waals surface area contributed by atoms with Gasteiger partial charge in [0.2, 0.25) is 0 Å². The first-order valence-electron chi connectivity index (χ1n) is 5.38. The zero-order chi connectivity index (χ0) is 11.6. The number of hydrogen-bond donors (Lipinski definition) is 2. The summed E-state index contributed by atoms with van der Waals surface area (Å²) in [5, 5.41) is 8.85. The number of rotatable bonds is 5. The molecule has 0 saturated heterocycles. The Labute approximate surface area is 89.3 Å². The van der Waals surface area contributed by atoms with Crippen molar-refractivity contribution in [2.75, 3.05) is 0 Å². The molecule has 0 aliphatic carbocycles. The normalized spacial score (nSPS) is 11.2. The van der Waals surface area contributed by atoms with Crippen molar-refractivity contribution < 1.29 is 0 Å². The first-order valence-corrected chi connectivity index (χ1v) is 5.38. The molecule has 84 valence electrons. The van der Waals surface area contributed by atoms with Gasteiger partial charge in [0.05, 0.1) is 0 Å². The van der Waals surface area contributed by atoms with Crippen molar-refractivity contribution in [1.29, 1.82) is 5.41 Å². The lowest BCUT2D eigenvalue weighted by molar-refractivity contribution is 0.651. The highest BCUT2D eigenvalue weighted by Crippen LogP contribution is 2.14. The molecule has 0 aromatic heterocycles. The molecule has 0 aliphatic heterocycles. The molecule has 0 aromatic carbocycles. The summed E-state index contributed by atoms with van der Waals surface area (Å²) in [4.78, 5) is 0. The van der Waals surface area contributed by atoms with E-state index in [9.17, 15) is 0 Å². The van der Waals surface area contributed by atoms with Crippen LogP contribution >= 0.6 is 0 Å². The first-order chi connectivity index (χ1) is 6.57. The topological polar surface area (TPSA) is 35.9 Å². The van der Waals surface area contributed by atoms with E-state index >= 15 is 0 Å². The van der Waals surface area contributed by atoms with Crippen molar-refractivity contribution in [2.45, 2.75) is 53.5 Å². The van der Waals surface area contributed by atoms with Crippen LogP contribution in [-0.4, -0.2) is 12.8 Å². The molecule has 0 bridgehead atoms. The van der Waals surface area contributed by atoms with Gasteiger partial charge in [-0.1, -0.05) is 32.8 Å². The summed E-state index contributed by atoms with van der Waals surface area (Å²) in [6.07, 6.45) is 4.65. The Morgan fingerprint density at radius 1 is 1.29 bits per heavy atom. The smallest absolute Gasteiger partial charge is 0.0199 e. The lowest BCUT2D eigenvalue weighted by Gasteiger charge is -2.12. The van der Waals surface area contributed by atoms with E-state index in [0.717, 1.165) is 0 Å². The van der Waals surface area contributed by atoms with Crippen molar-refractivity contribution >= 4 is 6.72 Å². The Morgan fingerprint density at radius 2 is 1.79 bits per heavy atom. The monoisotopic (exact) mass is 198 g/mol. The van der Waals surface area contributed by atoms with Gasteiger partial charge in [0.1, 0.15) is 0 Å². The average molecular weight is 198 g/mol. The molecule has 0 unspecified atom stereocenters. The van der Waals surface area contributed by atoms with Gasteiger partial charge < -0.3 is 10.7 Å². The van der Waals surface area contributed by atoms with E-state index in [4.69, 9.17) is 5.41 Å². The van der Waals surface area contributed by atoms with E-state index in [1.165, 1.54) is 18.4 Å². The Hall–Kier alpha value is -0.790. The zero-order valence-electron chi connectivity index (χ0n) is 10.4. The molecule has 0 heterocycles. The van der Waals surface area contributed by atoms with Crippen molar-refractivity contribution in [3.05, 3.63) is 11.8 Å². The van der Waals surface area contributed by atoms with Crippen LogP contribution in [0.5, 0.6) is 0 Å². The fraction of sp³-hybridized carbons (Fsp3) is 0.750. The van der Waals surface area contributed by atoms with Crippen LogP contribution in [0.1, 0.15) is 47.5 Å². The highest BCUT2D eigenvalue weighted by molar-refractivity contribution is 5.15. The largest absolute Gasteiger partial charge is 0.389 e. The van der Waals surface area contributed by atoms with Gasteiger partial charge in [0, 0.05) is 6.04 Å². The van der Waals surface area contributed by atoms with Crippen molar-refractivity contribution in [2.24, 2.45) is 5.92 Å². The Balaban J connectivity index is 0. The van der Waals surface area contributed by atoms with Crippen LogP contribution in [0.3, 0.4) is 0 Å². The quantitative estimate of drug-likeness (QED) is 0.651. The minimum absolute atomic E-state index is 0.551. The van der Waals surface area contributed by atoms with Gasteiger partial charge >= 0.3 is 0 Å². The highest BCUT2D eigenvalue weighted by atomic mass is 14.9. The molecule has 2 N–H and O–H groups in total. The van der Waals surface area contributed by atoms with Crippen LogP contribution < -0.4 is 5.32 Å². The van der Waals surface area contributed by atoms with Crippen LogP contribution in [0.15, 0.2) is 11.8 Å². The summed E-state index contributed by atoms with van der Waals surface area (Å²) in [5.74, 6) is 0.677. The van der Waals surface area contributed by atoms with E-state index in [0.29, 0.717) is 12.0 Å². The van der Waals surface area contributed by atoms with E-state index < -0.39 is 0 Å². The Morgan fingerprint density at radius 3 is 2.07 bits per heavy atom. The molecule has 0 atom stereocenters. The molecule has 0 radical (unpaired) electrons. The summed E-state index contributed by atoms with van der Waals surface area (Å²) >= 11 is 0. The van der Waals surface area contributed by atoms with Gasteiger partial charge in [-0.15, -0.1) is 0 Å². The Kier molecular flexibility index (Phi) is 11.5. The summed E-state index contributed by atoms with van der Waals surface area (Å²) in [7, 11) is 0. The fourth-order valence-electron chi connectivity index (χ4n) is 1.09. The lowest BCUT2D eigenvalue weighted by Crippen LogP contribution is -2.17. The van der Waals surface area contributed by atoms with Crippen molar-refractivity contribution in [3.8, 4) is 0 Å². The molecule has 14 heavy (non-hydrogen) atoms. The third kappa shape index (κ3) is 9.30. The predicted molar refractivity (Wildman–Crippen MR) is 65.9 cm³/mol. The molecule has 0 fully saturated rings. The molecule has 0 aromatic rings. The standard InChI is InChI=1S/C11H23N.CH3N/c1-6-7-11(9(2)3)8-12-10(4)5;1-2/h8-10,12H,6-7H2,1-5H3;2H,1H2/b11-8+;. The van der Waals surface area contributed by atoms with E-state index in [2.05, 4.69) is 52.9 Å². The second-order valence-electron chi connectivity index (χ2n) is 3.95. The molecule has 0 aliphatic rings. The molecule has 0 amide bonds. The molecular formula is C12H26N2. The predicted octanol–water partition coefficient (Wildman–Crippen LogP) is 3.59. The molecule has 2 heteroatoms. The van der Waals surface area contributed by atoms with E-state index in [1.807, 2.05) is 0 Å². The van der Waals surface area contributed by atoms with Crippen molar-refractivity contribution in [1.82, 2.24) is 5.32 Å². The van der Waals surface area contributed by atoms with Crippen LogP contribution in [0.25, 0.3) is 0 Å². The first kappa shape index (κ1) is 15.7. The molecule has 0 saturated carbocycles. The van der Waals surface area contributed by atoms with Crippen LogP contribution in [0, 0.1) is 11.3 Å². The SMILES string of the molecule is C=N.CCC/C(=C\NC(C)C)C(C)C. The average Bonchev–Trinajstić information content (AvgIpc) is 2.14. The van der Waals surface area contributed by atoms with Gasteiger partial charge in [0.25, 0.3) is 0 Å². The zero-order valence-corrected chi connectivity index (χ0v) is 10.4. The lowest BCUT2D eigenvalue weighted by atomic mass is 10.00. The van der Waals surface area contributed by atoms with E-state index in [1.54, 1.807) is 0 Å². The van der Waals surface area contributed by atoms with Gasteiger partial charge in [0.15, 0.2) is 0 Å². The summed E-state index contributed by atoms with van der Waals surface area (Å²) in [6, 6.07) is 0.551. The third-order valence-electron chi connectivity index (χ3n) is 1.88. The number of allylic oxidation sites excluding steroid dienone is 1. The van der Waals surface area contributed by atoms with Crippen LogP contribution in [0.2, 0.25) is 0 Å². The van der Waals surface area contributed by atoms with Crippen molar-refractivity contribution in [3.63, 3.8) is 0 Å². The van der Waals surface area contributed by atoms with Gasteiger partial charge in [-0.3, -0.25) is 0 Å². The second kappa shape index (κ2) is 10.3.